The zero-order valence-corrected chi connectivity index (χ0v) is 52.6. The van der Waals surface area contributed by atoms with Crippen LogP contribution in [0.25, 0.3) is 45.9 Å². The third-order valence-electron chi connectivity index (χ3n) is 16.5. The summed E-state index contributed by atoms with van der Waals surface area (Å²) in [6, 6.07) is 25.2. The molecular weight excluding hydrogens is 1020 g/mol. The third-order valence-corrected chi connectivity index (χ3v) is 16.5. The van der Waals surface area contributed by atoms with E-state index in [0.29, 0.717) is 19.8 Å². The number of ether oxygens (including phenoxy) is 3. The van der Waals surface area contributed by atoms with Gasteiger partial charge in [0.1, 0.15) is 0 Å². The number of aromatic nitrogens is 5. The minimum Gasteiger partial charge on any atom is -0.490 e. The van der Waals surface area contributed by atoms with E-state index < -0.39 is 0 Å². The van der Waals surface area contributed by atoms with Gasteiger partial charge in [-0.2, -0.15) is 0 Å². The standard InChI is InChI=1S/C71H108N4O3.C4H5N/c1-4-7-10-13-16-19-22-25-28-31-34-37-40-49-76-69-52-59(67-57-66-56-64-46-45-62(73-64)54-60-43-44-61(72-60)55-63-47-48-65(74-63)58-68(67)75-66)53-70(77-50-41-38-35-32-29-26-23-20-17-14-11-8-5-2)71(69)78-51-42-39-36-33-30-27-24-21-18-15-12-9-6-3;1-2-4-5-3-1/h43-48,52-58,72-73H,4-42,49-51H2,1-3H3;1-5H. The molecule has 3 N–H and O–H groups in total. The average Bonchev–Trinajstić information content (AvgIpc) is 4.59. The number of nitrogens with zero attached hydrogens (tertiary/aromatic N) is 2. The van der Waals surface area contributed by atoms with Crippen LogP contribution in [0, 0.1) is 0 Å². The van der Waals surface area contributed by atoms with E-state index in [2.05, 4.69) is 115 Å². The summed E-state index contributed by atoms with van der Waals surface area (Å²) in [5, 5.41) is 0. The molecule has 0 atom stereocenters. The van der Waals surface area contributed by atoms with Crippen LogP contribution in [-0.4, -0.2) is 44.7 Å². The van der Waals surface area contributed by atoms with Crippen LogP contribution in [0.1, 0.15) is 300 Å². The van der Waals surface area contributed by atoms with Gasteiger partial charge in [0.25, 0.3) is 0 Å². The Labute approximate surface area is 504 Å². The second-order valence-electron chi connectivity index (χ2n) is 24.1. The molecule has 0 unspecified atom stereocenters. The van der Waals surface area contributed by atoms with Crippen molar-refractivity contribution in [1.82, 2.24) is 24.9 Å². The number of fused-ring (bicyclic) bond motifs is 8. The number of hydrogen-bond donors (Lipinski definition) is 3. The molecule has 8 nitrogen and oxygen atoms in total. The van der Waals surface area contributed by atoms with Gasteiger partial charge in [0.2, 0.25) is 5.75 Å². The molecule has 0 aliphatic carbocycles. The molecule has 8 bridgehead atoms. The van der Waals surface area contributed by atoms with Gasteiger partial charge in [-0.05, 0) is 116 Å². The van der Waals surface area contributed by atoms with Gasteiger partial charge in [0.05, 0.1) is 42.6 Å². The number of H-pyrrole nitrogens is 3. The first kappa shape index (κ1) is 66.6. The van der Waals surface area contributed by atoms with E-state index in [9.17, 15) is 0 Å². The maximum Gasteiger partial charge on any atom is 0.203 e. The Hall–Kier alpha value is -5.50. The van der Waals surface area contributed by atoms with E-state index in [-0.39, 0.29) is 0 Å². The van der Waals surface area contributed by atoms with Crippen molar-refractivity contribution in [3.05, 3.63) is 114 Å². The number of hydrogen-bond acceptors (Lipinski definition) is 5. The van der Waals surface area contributed by atoms with Gasteiger partial charge in [-0.15, -0.1) is 0 Å². The van der Waals surface area contributed by atoms with Gasteiger partial charge in [0, 0.05) is 40.0 Å². The zero-order chi connectivity index (χ0) is 57.9. The predicted octanol–water partition coefficient (Wildman–Crippen LogP) is 23.5. The highest BCUT2D eigenvalue weighted by Crippen LogP contribution is 2.43. The van der Waals surface area contributed by atoms with Crippen molar-refractivity contribution in [1.29, 1.82) is 0 Å². The molecule has 0 radical (unpaired) electrons. The molecule has 4 aromatic heterocycles. The van der Waals surface area contributed by atoms with E-state index in [1.165, 1.54) is 231 Å². The molecule has 5 aromatic rings. The van der Waals surface area contributed by atoms with Gasteiger partial charge in [-0.25, -0.2) is 9.97 Å². The Morgan fingerprint density at radius 2 is 0.675 bits per heavy atom. The molecule has 456 valence electrons. The SMILES string of the molecule is CCCCCCCCCCCCCCCOc1cc(C2=Cc3cc4ccc(cc5ccc(cc6nc(cc2n3)C=C6)[nH]5)[nH]4)cc(OCCCCCCCCCCCCCCC)c1OCCCCCCCCCCCCCCC.c1cc[nH]c1. The summed E-state index contributed by atoms with van der Waals surface area (Å²) in [5.74, 6) is 2.30. The zero-order valence-electron chi connectivity index (χ0n) is 52.6. The minimum atomic E-state index is 0.650. The van der Waals surface area contributed by atoms with Crippen molar-refractivity contribution in [2.45, 2.75) is 271 Å². The van der Waals surface area contributed by atoms with Crippen molar-refractivity contribution >= 4 is 45.9 Å². The maximum atomic E-state index is 6.89. The smallest absolute Gasteiger partial charge is 0.203 e. The van der Waals surface area contributed by atoms with Crippen molar-refractivity contribution in [3.63, 3.8) is 0 Å². The Morgan fingerprint density at radius 1 is 0.337 bits per heavy atom. The summed E-state index contributed by atoms with van der Waals surface area (Å²) in [4.78, 5) is 20.3. The summed E-state index contributed by atoms with van der Waals surface area (Å²) in [5.41, 5.74) is 9.62. The highest BCUT2D eigenvalue weighted by atomic mass is 16.5. The second kappa shape index (κ2) is 43.2. The Balaban J connectivity index is 0.00000209. The van der Waals surface area contributed by atoms with Crippen molar-refractivity contribution < 1.29 is 14.2 Å². The lowest BCUT2D eigenvalue weighted by Crippen LogP contribution is -2.07. The fourth-order valence-electron chi connectivity index (χ4n) is 11.5. The molecule has 0 saturated heterocycles. The third kappa shape index (κ3) is 28.3. The number of nitrogens with one attached hydrogen (secondary N) is 3. The first-order chi connectivity index (χ1) is 41.1. The van der Waals surface area contributed by atoms with Crippen LogP contribution >= 0.6 is 0 Å². The lowest BCUT2D eigenvalue weighted by atomic mass is 10.0. The van der Waals surface area contributed by atoms with Gasteiger partial charge in [-0.3, -0.25) is 0 Å². The summed E-state index contributed by atoms with van der Waals surface area (Å²) >= 11 is 0. The number of benzene rings is 1. The first-order valence-corrected chi connectivity index (χ1v) is 34.3. The molecule has 0 amide bonds. The van der Waals surface area contributed by atoms with Crippen LogP contribution in [0.4, 0.5) is 0 Å². The Morgan fingerprint density at radius 3 is 1.05 bits per heavy atom. The van der Waals surface area contributed by atoms with Crippen LogP contribution in [0.15, 0.2) is 85.2 Å². The quantitative estimate of drug-likeness (QED) is 0.0330. The topological polar surface area (TPSA) is 101 Å². The van der Waals surface area contributed by atoms with Gasteiger partial charge < -0.3 is 29.2 Å². The lowest BCUT2D eigenvalue weighted by molar-refractivity contribution is 0.234. The number of unbranched alkanes of at least 4 members (excludes halogenated alkanes) is 36. The molecule has 6 heterocycles. The summed E-state index contributed by atoms with van der Waals surface area (Å²) < 4.78 is 20.6. The molecule has 83 heavy (non-hydrogen) atoms. The molecule has 0 saturated carbocycles. The minimum absolute atomic E-state index is 0.650. The average molecular weight is 1130 g/mol. The van der Waals surface area contributed by atoms with Crippen molar-refractivity contribution in [3.8, 4) is 17.2 Å². The van der Waals surface area contributed by atoms with Crippen LogP contribution in [0.2, 0.25) is 0 Å². The van der Waals surface area contributed by atoms with Crippen LogP contribution in [0.3, 0.4) is 0 Å². The van der Waals surface area contributed by atoms with E-state index in [4.69, 9.17) is 24.2 Å². The summed E-state index contributed by atoms with van der Waals surface area (Å²) in [6.45, 7) is 8.86. The van der Waals surface area contributed by atoms with Crippen LogP contribution < -0.4 is 14.2 Å². The Bertz CT molecular complexity index is 2590. The molecule has 2 aliphatic heterocycles. The number of aromatic amines is 3. The monoisotopic (exact) mass is 1130 g/mol. The maximum absolute atomic E-state index is 6.89. The fraction of sp³-hybridized carbons (Fsp3) is 0.600. The molecule has 1 aromatic carbocycles. The highest BCUT2D eigenvalue weighted by Gasteiger charge is 2.21. The highest BCUT2D eigenvalue weighted by molar-refractivity contribution is 5.94. The normalized spacial score (nSPS) is 11.9. The lowest BCUT2D eigenvalue weighted by Gasteiger charge is -2.19. The largest absolute Gasteiger partial charge is 0.490 e. The van der Waals surface area contributed by atoms with Crippen molar-refractivity contribution in [2.24, 2.45) is 0 Å². The number of rotatable bonds is 46. The Kier molecular flexibility index (Phi) is 34.7. The second-order valence-corrected chi connectivity index (χ2v) is 24.1. The van der Waals surface area contributed by atoms with Gasteiger partial charge in [0.15, 0.2) is 11.5 Å². The van der Waals surface area contributed by atoms with Gasteiger partial charge >= 0.3 is 0 Å². The van der Waals surface area contributed by atoms with E-state index in [0.717, 1.165) is 92.5 Å². The molecule has 7 rings (SSSR count). The van der Waals surface area contributed by atoms with Crippen molar-refractivity contribution in [2.75, 3.05) is 19.8 Å². The van der Waals surface area contributed by atoms with E-state index >= 15 is 0 Å². The predicted molar refractivity (Wildman–Crippen MR) is 358 cm³/mol. The molecule has 8 heteroatoms. The fourth-order valence-corrected chi connectivity index (χ4v) is 11.5. The van der Waals surface area contributed by atoms with Crippen LogP contribution in [-0.2, 0) is 0 Å². The molecule has 0 fully saturated rings. The summed E-state index contributed by atoms with van der Waals surface area (Å²) in [7, 11) is 0. The summed E-state index contributed by atoms with van der Waals surface area (Å²) in [6.07, 6.45) is 61.8. The molecule has 0 spiro atoms. The molecule has 2 aliphatic rings. The molecular formula is C75H113N5O3. The van der Waals surface area contributed by atoms with Crippen LogP contribution in [0.5, 0.6) is 17.2 Å². The van der Waals surface area contributed by atoms with E-state index in [1.807, 2.05) is 24.5 Å². The van der Waals surface area contributed by atoms with E-state index in [1.54, 1.807) is 0 Å². The van der Waals surface area contributed by atoms with Gasteiger partial charge in [-0.1, -0.05) is 252 Å². The first-order valence-electron chi connectivity index (χ1n) is 34.3.